The van der Waals surface area contributed by atoms with Gasteiger partial charge in [-0.1, -0.05) is 30.3 Å². The van der Waals surface area contributed by atoms with Crippen LogP contribution in [-0.4, -0.2) is 16.0 Å². The first kappa shape index (κ1) is 12.4. The minimum atomic E-state index is -0.135. The molecule has 0 unspecified atom stereocenters. The van der Waals surface area contributed by atoms with E-state index < -0.39 is 0 Å². The Morgan fingerprint density at radius 1 is 1.32 bits per heavy atom. The predicted octanol–water partition coefficient (Wildman–Crippen LogP) is 2.70. The van der Waals surface area contributed by atoms with E-state index in [2.05, 4.69) is 42.9 Å². The number of halogens is 1. The highest BCUT2D eigenvalue weighted by Gasteiger charge is 2.31. The van der Waals surface area contributed by atoms with Crippen molar-refractivity contribution < 1.29 is 0 Å². The molecule has 0 radical (unpaired) electrons. The quantitative estimate of drug-likeness (QED) is 0.942. The van der Waals surface area contributed by atoms with E-state index in [4.69, 9.17) is 0 Å². The van der Waals surface area contributed by atoms with Gasteiger partial charge >= 0.3 is 0 Å². The second-order valence-corrected chi connectivity index (χ2v) is 5.51. The van der Waals surface area contributed by atoms with Crippen molar-refractivity contribution in [3.05, 3.63) is 57.0 Å². The number of rotatable bonds is 4. The third-order valence-electron chi connectivity index (χ3n) is 3.23. The molecule has 1 aromatic carbocycles. The van der Waals surface area contributed by atoms with Crippen molar-refractivity contribution in [3.8, 4) is 0 Å². The standard InChI is InChI=1S/C14H14BrN3O/c15-12-13(16-9-17-14(12)19)18(11-6-7-11)8-10-4-2-1-3-5-10/h1-5,9,11H,6-8H2,(H,16,17,19). The summed E-state index contributed by atoms with van der Waals surface area (Å²) >= 11 is 3.34. The lowest BCUT2D eigenvalue weighted by molar-refractivity contribution is 0.770. The number of nitrogens with zero attached hydrogens (tertiary/aromatic N) is 2. The van der Waals surface area contributed by atoms with E-state index >= 15 is 0 Å². The maximum absolute atomic E-state index is 11.7. The van der Waals surface area contributed by atoms with Crippen LogP contribution in [0.3, 0.4) is 0 Å². The monoisotopic (exact) mass is 319 g/mol. The fraction of sp³-hybridized carbons (Fsp3) is 0.286. The first-order chi connectivity index (χ1) is 9.25. The van der Waals surface area contributed by atoms with Crippen LogP contribution in [0.25, 0.3) is 0 Å². The summed E-state index contributed by atoms with van der Waals surface area (Å²) in [5.74, 6) is 0.732. The molecule has 0 bridgehead atoms. The lowest BCUT2D eigenvalue weighted by atomic mass is 10.2. The largest absolute Gasteiger partial charge is 0.348 e. The van der Waals surface area contributed by atoms with Gasteiger partial charge in [-0.05, 0) is 34.3 Å². The molecule has 1 saturated carbocycles. The second kappa shape index (κ2) is 5.17. The highest BCUT2D eigenvalue weighted by molar-refractivity contribution is 9.10. The number of H-pyrrole nitrogens is 1. The zero-order chi connectivity index (χ0) is 13.2. The van der Waals surface area contributed by atoms with Crippen LogP contribution >= 0.6 is 15.9 Å². The van der Waals surface area contributed by atoms with Gasteiger partial charge in [0, 0.05) is 12.6 Å². The van der Waals surface area contributed by atoms with E-state index in [-0.39, 0.29) is 5.56 Å². The molecule has 1 aliphatic carbocycles. The van der Waals surface area contributed by atoms with Gasteiger partial charge in [-0.3, -0.25) is 4.79 Å². The van der Waals surface area contributed by atoms with Gasteiger partial charge in [0.2, 0.25) is 0 Å². The van der Waals surface area contributed by atoms with Gasteiger partial charge in [-0.15, -0.1) is 0 Å². The van der Waals surface area contributed by atoms with E-state index in [9.17, 15) is 4.79 Å². The molecule has 0 spiro atoms. The summed E-state index contributed by atoms with van der Waals surface area (Å²) in [5, 5.41) is 0. The molecule has 0 amide bonds. The highest BCUT2D eigenvalue weighted by atomic mass is 79.9. The predicted molar refractivity (Wildman–Crippen MR) is 78.2 cm³/mol. The van der Waals surface area contributed by atoms with E-state index in [1.807, 2.05) is 18.2 Å². The molecule has 4 nitrogen and oxygen atoms in total. The molecule has 2 aromatic rings. The van der Waals surface area contributed by atoms with Gasteiger partial charge in [0.25, 0.3) is 5.56 Å². The average molecular weight is 320 g/mol. The molecule has 0 saturated heterocycles. The van der Waals surface area contributed by atoms with Crippen LogP contribution < -0.4 is 10.5 Å². The van der Waals surface area contributed by atoms with E-state index in [1.165, 1.54) is 11.9 Å². The topological polar surface area (TPSA) is 49.0 Å². The van der Waals surface area contributed by atoms with Crippen LogP contribution in [-0.2, 0) is 6.54 Å². The third-order valence-corrected chi connectivity index (χ3v) is 3.95. The first-order valence-corrected chi connectivity index (χ1v) is 7.09. The Morgan fingerprint density at radius 3 is 2.74 bits per heavy atom. The molecular weight excluding hydrogens is 306 g/mol. The molecule has 98 valence electrons. The molecule has 19 heavy (non-hydrogen) atoms. The summed E-state index contributed by atoms with van der Waals surface area (Å²) in [7, 11) is 0. The van der Waals surface area contributed by atoms with E-state index in [0.29, 0.717) is 10.5 Å². The molecule has 0 aliphatic heterocycles. The van der Waals surface area contributed by atoms with E-state index in [1.54, 1.807) is 0 Å². The number of hydrogen-bond donors (Lipinski definition) is 1. The molecule has 5 heteroatoms. The Kier molecular flexibility index (Phi) is 3.38. The lowest BCUT2D eigenvalue weighted by Crippen LogP contribution is -2.28. The molecule has 1 heterocycles. The van der Waals surface area contributed by atoms with Crippen molar-refractivity contribution in [1.82, 2.24) is 9.97 Å². The van der Waals surface area contributed by atoms with Gasteiger partial charge < -0.3 is 9.88 Å². The molecule has 1 aliphatic rings. The highest BCUT2D eigenvalue weighted by Crippen LogP contribution is 2.34. The summed E-state index contributed by atoms with van der Waals surface area (Å²) in [4.78, 5) is 20.8. The second-order valence-electron chi connectivity index (χ2n) is 4.71. The number of hydrogen-bond acceptors (Lipinski definition) is 3. The van der Waals surface area contributed by atoms with Crippen LogP contribution in [0.5, 0.6) is 0 Å². The SMILES string of the molecule is O=c1[nH]cnc(N(Cc2ccccc2)C2CC2)c1Br. The van der Waals surface area contributed by atoms with Crippen molar-refractivity contribution in [3.63, 3.8) is 0 Å². The summed E-state index contributed by atoms with van der Waals surface area (Å²) in [6, 6.07) is 10.7. The van der Waals surface area contributed by atoms with Gasteiger partial charge in [-0.2, -0.15) is 0 Å². The number of aromatic amines is 1. The fourth-order valence-electron chi connectivity index (χ4n) is 2.12. The summed E-state index contributed by atoms with van der Waals surface area (Å²) in [5.41, 5.74) is 1.09. The fourth-order valence-corrected chi connectivity index (χ4v) is 2.56. The minimum Gasteiger partial charge on any atom is -0.348 e. The van der Waals surface area contributed by atoms with Crippen LogP contribution in [0.1, 0.15) is 18.4 Å². The normalized spacial score (nSPS) is 14.4. The Bertz CT molecular complexity index is 622. The Morgan fingerprint density at radius 2 is 2.05 bits per heavy atom. The van der Waals surface area contributed by atoms with Crippen LogP contribution in [0.2, 0.25) is 0 Å². The van der Waals surface area contributed by atoms with Gasteiger partial charge in [0.15, 0.2) is 5.82 Å². The van der Waals surface area contributed by atoms with Crippen LogP contribution in [0.4, 0.5) is 5.82 Å². The van der Waals surface area contributed by atoms with Crippen molar-refractivity contribution in [2.45, 2.75) is 25.4 Å². The van der Waals surface area contributed by atoms with Crippen molar-refractivity contribution >= 4 is 21.7 Å². The van der Waals surface area contributed by atoms with Gasteiger partial charge in [-0.25, -0.2) is 4.98 Å². The number of nitrogens with one attached hydrogen (secondary N) is 1. The molecule has 1 fully saturated rings. The smallest absolute Gasteiger partial charge is 0.267 e. The van der Waals surface area contributed by atoms with Gasteiger partial charge in [0.1, 0.15) is 4.47 Å². The van der Waals surface area contributed by atoms with Crippen LogP contribution in [0.15, 0.2) is 45.9 Å². The van der Waals surface area contributed by atoms with Gasteiger partial charge in [0.05, 0.1) is 6.33 Å². The third kappa shape index (κ3) is 2.71. The maximum Gasteiger partial charge on any atom is 0.267 e. The summed E-state index contributed by atoms with van der Waals surface area (Å²) in [6.45, 7) is 0.778. The molecule has 1 aromatic heterocycles. The zero-order valence-corrected chi connectivity index (χ0v) is 11.9. The van der Waals surface area contributed by atoms with Crippen LogP contribution in [0, 0.1) is 0 Å². The van der Waals surface area contributed by atoms with Crippen molar-refractivity contribution in [1.29, 1.82) is 0 Å². The van der Waals surface area contributed by atoms with Crippen molar-refractivity contribution in [2.24, 2.45) is 0 Å². The Labute approximate surface area is 119 Å². The summed E-state index contributed by atoms with van der Waals surface area (Å²) < 4.78 is 0.512. The molecule has 0 atom stereocenters. The number of aromatic nitrogens is 2. The number of benzene rings is 1. The minimum absolute atomic E-state index is 0.135. The Balaban J connectivity index is 1.93. The first-order valence-electron chi connectivity index (χ1n) is 6.29. The lowest BCUT2D eigenvalue weighted by Gasteiger charge is -2.24. The summed E-state index contributed by atoms with van der Waals surface area (Å²) in [6.07, 6.45) is 3.78. The molecular formula is C14H14BrN3O. The molecule has 3 rings (SSSR count). The average Bonchev–Trinajstić information content (AvgIpc) is 3.25. The number of anilines is 1. The maximum atomic E-state index is 11.7. The Hall–Kier alpha value is -1.62. The molecule has 1 N–H and O–H groups in total. The zero-order valence-electron chi connectivity index (χ0n) is 10.3. The van der Waals surface area contributed by atoms with E-state index in [0.717, 1.165) is 25.2 Å². The van der Waals surface area contributed by atoms with Crippen molar-refractivity contribution in [2.75, 3.05) is 4.90 Å².